The molecule has 1 aromatic carbocycles. The number of aryl methyl sites for hydroxylation is 1. The predicted octanol–water partition coefficient (Wildman–Crippen LogP) is 1.84. The monoisotopic (exact) mass is 289 g/mol. The van der Waals surface area contributed by atoms with E-state index in [4.69, 9.17) is 5.11 Å². The standard InChI is InChI=1S/C13H11N3O3S/c1-7-11(20-6-14-7)5-16-10-4-8(12(17)18)2-3-9(10)15-13(16)19/h2-4,6H,5H2,1H3,(H,15,19)(H,17,18). The fraction of sp³-hybridized carbons (Fsp3) is 0.154. The van der Waals surface area contributed by atoms with Gasteiger partial charge in [0.15, 0.2) is 0 Å². The second-order valence-electron chi connectivity index (χ2n) is 4.41. The van der Waals surface area contributed by atoms with E-state index in [1.54, 1.807) is 11.6 Å². The zero-order valence-corrected chi connectivity index (χ0v) is 11.4. The van der Waals surface area contributed by atoms with Gasteiger partial charge in [0.1, 0.15) is 0 Å². The van der Waals surface area contributed by atoms with Gasteiger partial charge in [-0.1, -0.05) is 0 Å². The minimum atomic E-state index is -1.01. The van der Waals surface area contributed by atoms with Crippen LogP contribution in [-0.4, -0.2) is 25.6 Å². The summed E-state index contributed by atoms with van der Waals surface area (Å²) in [4.78, 5) is 30.9. The second-order valence-corrected chi connectivity index (χ2v) is 5.35. The minimum absolute atomic E-state index is 0.159. The molecule has 0 atom stereocenters. The number of imidazole rings is 1. The van der Waals surface area contributed by atoms with Crippen LogP contribution in [0.1, 0.15) is 20.9 Å². The number of H-pyrrole nitrogens is 1. The molecule has 0 spiro atoms. The van der Waals surface area contributed by atoms with Crippen LogP contribution >= 0.6 is 11.3 Å². The molecule has 0 radical (unpaired) electrons. The Kier molecular flexibility index (Phi) is 2.90. The number of hydrogen-bond donors (Lipinski definition) is 2. The fourth-order valence-electron chi connectivity index (χ4n) is 2.06. The molecule has 2 heterocycles. The maximum Gasteiger partial charge on any atom is 0.335 e. The molecule has 20 heavy (non-hydrogen) atoms. The van der Waals surface area contributed by atoms with Crippen molar-refractivity contribution in [2.24, 2.45) is 0 Å². The van der Waals surface area contributed by atoms with Crippen LogP contribution in [0.4, 0.5) is 0 Å². The first-order valence-corrected chi connectivity index (χ1v) is 6.79. The zero-order valence-electron chi connectivity index (χ0n) is 10.6. The van der Waals surface area contributed by atoms with Crippen molar-refractivity contribution in [1.29, 1.82) is 0 Å². The smallest absolute Gasteiger partial charge is 0.335 e. The quantitative estimate of drug-likeness (QED) is 0.770. The number of nitrogens with zero attached hydrogens (tertiary/aromatic N) is 2. The number of carboxylic acids is 1. The molecule has 7 heteroatoms. The van der Waals surface area contributed by atoms with Crippen LogP contribution in [0, 0.1) is 6.92 Å². The van der Waals surface area contributed by atoms with Crippen molar-refractivity contribution in [3.8, 4) is 0 Å². The summed E-state index contributed by atoms with van der Waals surface area (Å²) in [6, 6.07) is 4.59. The molecule has 0 saturated heterocycles. The van der Waals surface area contributed by atoms with Gasteiger partial charge in [-0.05, 0) is 25.1 Å². The molecule has 0 amide bonds. The maximum absolute atomic E-state index is 12.0. The van der Waals surface area contributed by atoms with E-state index in [-0.39, 0.29) is 11.3 Å². The van der Waals surface area contributed by atoms with E-state index in [0.29, 0.717) is 17.6 Å². The normalized spacial score (nSPS) is 11.1. The lowest BCUT2D eigenvalue weighted by Gasteiger charge is -2.03. The van der Waals surface area contributed by atoms with Crippen LogP contribution in [0.15, 0.2) is 28.5 Å². The molecule has 3 rings (SSSR count). The Hall–Kier alpha value is -2.41. The first kappa shape index (κ1) is 12.6. The van der Waals surface area contributed by atoms with Gasteiger partial charge in [0.05, 0.1) is 34.3 Å². The summed E-state index contributed by atoms with van der Waals surface area (Å²) < 4.78 is 1.53. The number of aromatic amines is 1. The van der Waals surface area contributed by atoms with E-state index in [0.717, 1.165) is 10.6 Å². The molecular weight excluding hydrogens is 278 g/mol. The van der Waals surface area contributed by atoms with Crippen LogP contribution in [0.3, 0.4) is 0 Å². The van der Waals surface area contributed by atoms with Crippen LogP contribution in [0.5, 0.6) is 0 Å². The lowest BCUT2D eigenvalue weighted by Crippen LogP contribution is -2.17. The van der Waals surface area contributed by atoms with Gasteiger partial charge in [-0.3, -0.25) is 4.57 Å². The number of fused-ring (bicyclic) bond motifs is 1. The lowest BCUT2D eigenvalue weighted by molar-refractivity contribution is 0.0697. The molecule has 0 unspecified atom stereocenters. The maximum atomic E-state index is 12.0. The topological polar surface area (TPSA) is 88.0 Å². The summed E-state index contributed by atoms with van der Waals surface area (Å²) in [5, 5.41) is 9.04. The van der Waals surface area contributed by atoms with E-state index in [2.05, 4.69) is 9.97 Å². The van der Waals surface area contributed by atoms with E-state index < -0.39 is 5.97 Å². The van der Waals surface area contributed by atoms with Crippen molar-refractivity contribution in [2.75, 3.05) is 0 Å². The summed E-state index contributed by atoms with van der Waals surface area (Å²) >= 11 is 1.47. The third-order valence-corrected chi connectivity index (χ3v) is 4.09. The Balaban J connectivity index is 2.16. The third kappa shape index (κ3) is 2.01. The Bertz CT molecular complexity index is 859. The number of hydrogen-bond acceptors (Lipinski definition) is 4. The molecule has 0 bridgehead atoms. The van der Waals surface area contributed by atoms with Crippen molar-refractivity contribution in [3.05, 3.63) is 50.3 Å². The van der Waals surface area contributed by atoms with Gasteiger partial charge in [0.2, 0.25) is 0 Å². The Morgan fingerprint density at radius 3 is 2.95 bits per heavy atom. The van der Waals surface area contributed by atoms with Crippen LogP contribution in [0.25, 0.3) is 11.0 Å². The van der Waals surface area contributed by atoms with Crippen molar-refractivity contribution in [3.63, 3.8) is 0 Å². The first-order valence-electron chi connectivity index (χ1n) is 5.91. The molecule has 6 nitrogen and oxygen atoms in total. The van der Waals surface area contributed by atoms with Gasteiger partial charge in [-0.25, -0.2) is 14.6 Å². The van der Waals surface area contributed by atoms with E-state index >= 15 is 0 Å². The number of carbonyl (C=O) groups is 1. The van der Waals surface area contributed by atoms with Gasteiger partial charge in [-0.15, -0.1) is 11.3 Å². The van der Waals surface area contributed by atoms with Gasteiger partial charge >= 0.3 is 11.7 Å². The number of nitrogens with one attached hydrogen (secondary N) is 1. The van der Waals surface area contributed by atoms with E-state index in [1.807, 2.05) is 6.92 Å². The zero-order chi connectivity index (χ0) is 14.3. The second kappa shape index (κ2) is 4.61. The molecule has 0 aliphatic carbocycles. The average Bonchev–Trinajstić information content (AvgIpc) is 2.94. The van der Waals surface area contributed by atoms with Gasteiger partial charge in [0, 0.05) is 4.88 Å². The number of thiazole rings is 1. The van der Waals surface area contributed by atoms with Gasteiger partial charge in [-0.2, -0.15) is 0 Å². The molecule has 2 N–H and O–H groups in total. The highest BCUT2D eigenvalue weighted by Crippen LogP contribution is 2.18. The molecular formula is C13H11N3O3S. The van der Waals surface area contributed by atoms with Crippen molar-refractivity contribution >= 4 is 28.3 Å². The molecule has 2 aromatic heterocycles. The highest BCUT2D eigenvalue weighted by molar-refractivity contribution is 7.09. The largest absolute Gasteiger partial charge is 0.478 e. The van der Waals surface area contributed by atoms with Crippen molar-refractivity contribution in [2.45, 2.75) is 13.5 Å². The molecule has 3 aromatic rings. The number of benzene rings is 1. The van der Waals surface area contributed by atoms with Gasteiger partial charge < -0.3 is 10.1 Å². The Labute approximate surface area is 117 Å². The van der Waals surface area contributed by atoms with Crippen LogP contribution in [0.2, 0.25) is 0 Å². The highest BCUT2D eigenvalue weighted by atomic mass is 32.1. The van der Waals surface area contributed by atoms with Gasteiger partial charge in [0.25, 0.3) is 0 Å². The third-order valence-electron chi connectivity index (χ3n) is 3.17. The summed E-state index contributed by atoms with van der Waals surface area (Å²) in [5.41, 5.74) is 3.73. The van der Waals surface area contributed by atoms with Crippen LogP contribution < -0.4 is 5.69 Å². The summed E-state index contributed by atoms with van der Waals surface area (Å²) in [7, 11) is 0. The molecule has 0 fully saturated rings. The number of carboxylic acid groups (broad SMARTS) is 1. The summed E-state index contributed by atoms with van der Waals surface area (Å²) in [6.07, 6.45) is 0. The minimum Gasteiger partial charge on any atom is -0.478 e. The van der Waals surface area contributed by atoms with Crippen molar-refractivity contribution < 1.29 is 9.90 Å². The fourth-order valence-corrected chi connectivity index (χ4v) is 2.83. The molecule has 102 valence electrons. The SMILES string of the molecule is Cc1ncsc1Cn1c(=O)[nH]c2ccc(C(=O)O)cc21. The first-order chi connectivity index (χ1) is 9.56. The van der Waals surface area contributed by atoms with Crippen molar-refractivity contribution in [1.82, 2.24) is 14.5 Å². The number of aromatic carboxylic acids is 1. The predicted molar refractivity (Wildman–Crippen MR) is 75.5 cm³/mol. The number of rotatable bonds is 3. The highest BCUT2D eigenvalue weighted by Gasteiger charge is 2.12. The molecule has 0 aliphatic heterocycles. The lowest BCUT2D eigenvalue weighted by atomic mass is 10.2. The number of aromatic nitrogens is 3. The summed E-state index contributed by atoms with van der Waals surface area (Å²) in [5.74, 6) is -1.01. The molecule has 0 aliphatic rings. The Morgan fingerprint density at radius 2 is 2.30 bits per heavy atom. The average molecular weight is 289 g/mol. The van der Waals surface area contributed by atoms with E-state index in [1.165, 1.54) is 28.0 Å². The Morgan fingerprint density at radius 1 is 1.50 bits per heavy atom. The van der Waals surface area contributed by atoms with Crippen LogP contribution in [-0.2, 0) is 6.54 Å². The molecule has 0 saturated carbocycles. The summed E-state index contributed by atoms with van der Waals surface area (Å²) in [6.45, 7) is 2.27. The van der Waals surface area contributed by atoms with E-state index in [9.17, 15) is 9.59 Å².